The number of aromatic carboxylic acids is 1. The Hall–Kier alpha value is -1.86. The van der Waals surface area contributed by atoms with Crippen molar-refractivity contribution < 1.29 is 29.0 Å². The van der Waals surface area contributed by atoms with Crippen LogP contribution in [0.25, 0.3) is 0 Å². The molecule has 1 amide bonds. The minimum absolute atomic E-state index is 0.0248. The van der Waals surface area contributed by atoms with E-state index >= 15 is 0 Å². The van der Waals surface area contributed by atoms with Gasteiger partial charge in [0.2, 0.25) is 5.76 Å². The number of carboxylic acid groups (broad SMARTS) is 1. The summed E-state index contributed by atoms with van der Waals surface area (Å²) in [5.74, 6) is -1.92. The minimum Gasteiger partial charge on any atom is -0.475 e. The summed E-state index contributed by atoms with van der Waals surface area (Å²) in [5, 5.41) is 17.8. The Morgan fingerprint density at radius 2 is 2.05 bits per heavy atom. The van der Waals surface area contributed by atoms with Gasteiger partial charge in [0, 0.05) is 13.1 Å². The van der Waals surface area contributed by atoms with Crippen LogP contribution in [-0.4, -0.2) is 58.9 Å². The number of carbonyl (C=O) groups excluding carboxylic acids is 1. The Labute approximate surface area is 109 Å². The largest absolute Gasteiger partial charge is 0.475 e. The molecule has 2 unspecified atom stereocenters. The summed E-state index contributed by atoms with van der Waals surface area (Å²) in [6.07, 6.45) is -0.620. The van der Waals surface area contributed by atoms with Crippen molar-refractivity contribution in [3.63, 3.8) is 0 Å². The third-order valence-electron chi connectivity index (χ3n) is 2.84. The Balaban J connectivity index is 2.11. The monoisotopic (exact) mass is 269 g/mol. The van der Waals surface area contributed by atoms with Gasteiger partial charge < -0.3 is 24.3 Å². The highest BCUT2D eigenvalue weighted by molar-refractivity contribution is 5.93. The number of carbonyl (C=O) groups is 2. The van der Waals surface area contributed by atoms with Crippen LogP contribution >= 0.6 is 0 Å². The minimum atomic E-state index is -1.22. The SMILES string of the molecule is CC1CN(C(=O)c2ccc(C(=O)O)o2)CC(CO)O1. The summed E-state index contributed by atoms with van der Waals surface area (Å²) < 4.78 is 10.4. The predicted octanol–water partition coefficient (Wildman–Crippen LogP) is 0.200. The lowest BCUT2D eigenvalue weighted by Gasteiger charge is -2.35. The topological polar surface area (TPSA) is 100 Å². The van der Waals surface area contributed by atoms with E-state index in [0.717, 1.165) is 0 Å². The van der Waals surface area contributed by atoms with Gasteiger partial charge in [0.15, 0.2) is 5.76 Å². The van der Waals surface area contributed by atoms with Gasteiger partial charge in [-0.25, -0.2) is 4.79 Å². The fourth-order valence-electron chi connectivity index (χ4n) is 2.04. The van der Waals surface area contributed by atoms with E-state index in [-0.39, 0.29) is 30.8 Å². The molecule has 1 saturated heterocycles. The van der Waals surface area contributed by atoms with Crippen LogP contribution in [-0.2, 0) is 4.74 Å². The zero-order valence-corrected chi connectivity index (χ0v) is 10.4. The summed E-state index contributed by atoms with van der Waals surface area (Å²) in [7, 11) is 0. The van der Waals surface area contributed by atoms with Crippen molar-refractivity contribution in [1.29, 1.82) is 0 Å². The van der Waals surface area contributed by atoms with Crippen molar-refractivity contribution in [3.8, 4) is 0 Å². The van der Waals surface area contributed by atoms with E-state index < -0.39 is 18.0 Å². The maximum Gasteiger partial charge on any atom is 0.371 e. The average Bonchev–Trinajstić information content (AvgIpc) is 2.86. The number of aliphatic hydroxyl groups is 1. The zero-order chi connectivity index (χ0) is 14.0. The smallest absolute Gasteiger partial charge is 0.371 e. The van der Waals surface area contributed by atoms with Crippen molar-refractivity contribution in [2.45, 2.75) is 19.1 Å². The molecular weight excluding hydrogens is 254 g/mol. The maximum atomic E-state index is 12.1. The van der Waals surface area contributed by atoms with Crippen LogP contribution in [0.15, 0.2) is 16.5 Å². The zero-order valence-electron chi connectivity index (χ0n) is 10.4. The molecule has 1 aromatic rings. The lowest BCUT2D eigenvalue weighted by atomic mass is 10.2. The van der Waals surface area contributed by atoms with E-state index in [9.17, 15) is 9.59 Å². The molecule has 2 N–H and O–H groups in total. The molecule has 1 aliphatic heterocycles. The Morgan fingerprint density at radius 1 is 1.37 bits per heavy atom. The first kappa shape index (κ1) is 13.6. The molecule has 104 valence electrons. The molecule has 0 radical (unpaired) electrons. The second-order valence-electron chi connectivity index (χ2n) is 4.43. The van der Waals surface area contributed by atoms with Crippen molar-refractivity contribution in [1.82, 2.24) is 4.90 Å². The van der Waals surface area contributed by atoms with E-state index in [1.54, 1.807) is 6.92 Å². The van der Waals surface area contributed by atoms with Gasteiger partial charge in [-0.1, -0.05) is 0 Å². The highest BCUT2D eigenvalue weighted by atomic mass is 16.5. The number of morpholine rings is 1. The molecular formula is C12H15NO6. The second-order valence-corrected chi connectivity index (χ2v) is 4.43. The van der Waals surface area contributed by atoms with Gasteiger partial charge in [-0.3, -0.25) is 4.79 Å². The number of amides is 1. The van der Waals surface area contributed by atoms with Crippen molar-refractivity contribution in [3.05, 3.63) is 23.7 Å². The molecule has 1 aliphatic rings. The number of aliphatic hydroxyl groups excluding tert-OH is 1. The number of nitrogens with zero attached hydrogens (tertiary/aromatic N) is 1. The molecule has 7 heteroatoms. The van der Waals surface area contributed by atoms with Gasteiger partial charge in [0.1, 0.15) is 0 Å². The van der Waals surface area contributed by atoms with Crippen LogP contribution in [0.1, 0.15) is 28.0 Å². The third-order valence-corrected chi connectivity index (χ3v) is 2.84. The van der Waals surface area contributed by atoms with Crippen LogP contribution < -0.4 is 0 Å². The summed E-state index contributed by atoms with van der Waals surface area (Å²) in [5.41, 5.74) is 0. The van der Waals surface area contributed by atoms with Gasteiger partial charge in [0.25, 0.3) is 5.91 Å². The predicted molar refractivity (Wildman–Crippen MR) is 63.0 cm³/mol. The Morgan fingerprint density at radius 3 is 2.63 bits per heavy atom. The van der Waals surface area contributed by atoms with E-state index in [1.165, 1.54) is 17.0 Å². The van der Waals surface area contributed by atoms with E-state index in [1.807, 2.05) is 0 Å². The fraction of sp³-hybridized carbons (Fsp3) is 0.500. The standard InChI is InChI=1S/C12H15NO6/c1-7-4-13(5-8(6-14)18-7)11(15)9-2-3-10(19-9)12(16)17/h2-3,7-8,14H,4-6H2,1H3,(H,16,17). The van der Waals surface area contributed by atoms with Crippen LogP contribution in [0.5, 0.6) is 0 Å². The molecule has 0 aliphatic carbocycles. The third kappa shape index (κ3) is 2.94. The molecule has 0 saturated carbocycles. The average molecular weight is 269 g/mol. The first-order chi connectivity index (χ1) is 9.01. The van der Waals surface area contributed by atoms with Crippen molar-refractivity contribution >= 4 is 11.9 Å². The van der Waals surface area contributed by atoms with Crippen LogP contribution in [0.2, 0.25) is 0 Å². The van der Waals surface area contributed by atoms with E-state index in [4.69, 9.17) is 19.4 Å². The van der Waals surface area contributed by atoms with Gasteiger partial charge in [-0.05, 0) is 19.1 Å². The number of furan rings is 1. The quantitative estimate of drug-likeness (QED) is 0.813. The van der Waals surface area contributed by atoms with Gasteiger partial charge in [-0.15, -0.1) is 0 Å². The summed E-state index contributed by atoms with van der Waals surface area (Å²) in [6.45, 7) is 2.25. The van der Waals surface area contributed by atoms with Crippen molar-refractivity contribution in [2.75, 3.05) is 19.7 Å². The molecule has 0 bridgehead atoms. The molecule has 1 aromatic heterocycles. The van der Waals surface area contributed by atoms with Crippen LogP contribution in [0.3, 0.4) is 0 Å². The second kappa shape index (κ2) is 5.41. The van der Waals surface area contributed by atoms with Crippen molar-refractivity contribution in [2.24, 2.45) is 0 Å². The summed E-state index contributed by atoms with van der Waals surface area (Å²) in [6, 6.07) is 2.57. The molecule has 0 spiro atoms. The fourth-order valence-corrected chi connectivity index (χ4v) is 2.04. The lowest BCUT2D eigenvalue weighted by Crippen LogP contribution is -2.50. The molecule has 0 aromatic carbocycles. The normalized spacial score (nSPS) is 23.4. The van der Waals surface area contributed by atoms with Crippen LogP contribution in [0, 0.1) is 0 Å². The number of rotatable bonds is 3. The summed E-state index contributed by atoms with van der Waals surface area (Å²) >= 11 is 0. The number of hydrogen-bond donors (Lipinski definition) is 2. The first-order valence-corrected chi connectivity index (χ1v) is 5.90. The molecule has 19 heavy (non-hydrogen) atoms. The van der Waals surface area contributed by atoms with E-state index in [2.05, 4.69) is 0 Å². The van der Waals surface area contributed by atoms with Gasteiger partial charge >= 0.3 is 5.97 Å². The van der Waals surface area contributed by atoms with E-state index in [0.29, 0.717) is 6.54 Å². The highest BCUT2D eigenvalue weighted by Crippen LogP contribution is 2.16. The molecule has 2 rings (SSSR count). The summed E-state index contributed by atoms with van der Waals surface area (Å²) in [4.78, 5) is 24.3. The van der Waals surface area contributed by atoms with Gasteiger partial charge in [0.05, 0.1) is 18.8 Å². The van der Waals surface area contributed by atoms with Gasteiger partial charge in [-0.2, -0.15) is 0 Å². The van der Waals surface area contributed by atoms with Crippen LogP contribution in [0.4, 0.5) is 0 Å². The first-order valence-electron chi connectivity index (χ1n) is 5.90. The Bertz CT molecular complexity index is 482. The number of carboxylic acids is 1. The molecule has 7 nitrogen and oxygen atoms in total. The molecule has 1 fully saturated rings. The Kier molecular flexibility index (Phi) is 3.87. The highest BCUT2D eigenvalue weighted by Gasteiger charge is 2.30. The lowest BCUT2D eigenvalue weighted by molar-refractivity contribution is -0.0863. The molecule has 2 heterocycles. The molecule has 2 atom stereocenters. The number of hydrogen-bond acceptors (Lipinski definition) is 5. The maximum absolute atomic E-state index is 12.1. The number of ether oxygens (including phenoxy) is 1.